The van der Waals surface area contributed by atoms with Crippen LogP contribution in [0.15, 0.2) is 61.3 Å². The summed E-state index contributed by atoms with van der Waals surface area (Å²) >= 11 is 2.70. The summed E-state index contributed by atoms with van der Waals surface area (Å²) in [5.74, 6) is -0.634. The summed E-state index contributed by atoms with van der Waals surface area (Å²) in [7, 11) is -2.29. The van der Waals surface area contributed by atoms with Gasteiger partial charge in [0.2, 0.25) is 15.8 Å². The molecule has 0 spiro atoms. The van der Waals surface area contributed by atoms with E-state index in [1.807, 2.05) is 5.38 Å². The van der Waals surface area contributed by atoms with Gasteiger partial charge in [-0.25, -0.2) is 17.9 Å². The first-order valence-corrected chi connectivity index (χ1v) is 11.3. The molecular formula is C18H14N2O5S3. The van der Waals surface area contributed by atoms with Crippen LogP contribution in [0, 0.1) is 0 Å². The van der Waals surface area contributed by atoms with E-state index in [0.717, 1.165) is 4.88 Å². The number of oxazole rings is 1. The molecule has 0 aliphatic heterocycles. The molecule has 0 bridgehead atoms. The Morgan fingerprint density at radius 1 is 1.21 bits per heavy atom. The van der Waals surface area contributed by atoms with Gasteiger partial charge in [-0.3, -0.25) is 9.36 Å². The molecule has 0 aliphatic carbocycles. The third-order valence-corrected chi connectivity index (χ3v) is 7.34. The van der Waals surface area contributed by atoms with Gasteiger partial charge in [0.25, 0.3) is 0 Å². The minimum absolute atomic E-state index is 0.0301. The van der Waals surface area contributed by atoms with E-state index in [4.69, 9.17) is 4.42 Å². The molecule has 0 atom stereocenters. The van der Waals surface area contributed by atoms with E-state index in [9.17, 15) is 18.0 Å². The summed E-state index contributed by atoms with van der Waals surface area (Å²) in [5, 5.41) is 3.62. The van der Waals surface area contributed by atoms with Crippen LogP contribution in [-0.2, 0) is 23.6 Å². The molecule has 28 heavy (non-hydrogen) atoms. The van der Waals surface area contributed by atoms with Gasteiger partial charge in [-0.1, -0.05) is 0 Å². The molecule has 1 aromatic carbocycles. The molecule has 3 heterocycles. The second-order valence-electron chi connectivity index (χ2n) is 5.99. The van der Waals surface area contributed by atoms with Crippen LogP contribution in [-0.4, -0.2) is 18.8 Å². The Labute approximate surface area is 167 Å². The predicted octanol–water partition coefficient (Wildman–Crippen LogP) is 2.96. The molecule has 1 N–H and O–H groups in total. The van der Waals surface area contributed by atoms with Gasteiger partial charge in [-0.15, -0.1) is 11.3 Å². The number of thiophene rings is 2. The molecule has 7 nitrogen and oxygen atoms in total. The number of aromatic nitrogens is 1. The standard InChI is InChI=1S/C18H14N2O5S3/c1-20-14-8-13(3-4-15(14)25-18(20)22)28(23,24)19-9-12-2-5-16(27-12)17(21)11-6-7-26-10-11/h2-8,10,19H,9H2,1H3. The summed E-state index contributed by atoms with van der Waals surface area (Å²) in [6, 6.07) is 9.41. The number of hydrogen-bond acceptors (Lipinski definition) is 7. The zero-order chi connectivity index (χ0) is 19.9. The quantitative estimate of drug-likeness (QED) is 0.471. The average Bonchev–Trinajstić information content (AvgIpc) is 3.41. The molecule has 144 valence electrons. The van der Waals surface area contributed by atoms with Crippen molar-refractivity contribution in [2.45, 2.75) is 11.4 Å². The Hall–Kier alpha value is -2.53. The predicted molar refractivity (Wildman–Crippen MR) is 108 cm³/mol. The van der Waals surface area contributed by atoms with Gasteiger partial charge in [0.1, 0.15) is 0 Å². The number of nitrogens with one attached hydrogen (secondary N) is 1. The highest BCUT2D eigenvalue weighted by molar-refractivity contribution is 7.89. The fourth-order valence-electron chi connectivity index (χ4n) is 2.65. The summed E-state index contributed by atoms with van der Waals surface area (Å²) in [6.07, 6.45) is 0. The number of ketones is 1. The molecule has 0 aliphatic rings. The van der Waals surface area contributed by atoms with Gasteiger partial charge >= 0.3 is 5.76 Å². The highest BCUT2D eigenvalue weighted by Crippen LogP contribution is 2.22. The molecule has 0 unspecified atom stereocenters. The Balaban J connectivity index is 1.52. The molecule has 0 saturated carbocycles. The minimum Gasteiger partial charge on any atom is -0.408 e. The molecular weight excluding hydrogens is 420 g/mol. The first-order chi connectivity index (χ1) is 13.3. The summed E-state index contributed by atoms with van der Waals surface area (Å²) in [6.45, 7) is 0.0618. The Bertz CT molecular complexity index is 1330. The summed E-state index contributed by atoms with van der Waals surface area (Å²) in [5.41, 5.74) is 1.34. The van der Waals surface area contributed by atoms with Crippen LogP contribution < -0.4 is 10.5 Å². The van der Waals surface area contributed by atoms with Gasteiger partial charge in [-0.05, 0) is 41.8 Å². The number of carbonyl (C=O) groups is 1. The normalized spacial score (nSPS) is 11.9. The van der Waals surface area contributed by atoms with Crippen LogP contribution in [0.25, 0.3) is 11.1 Å². The van der Waals surface area contributed by atoms with Gasteiger partial charge < -0.3 is 4.42 Å². The van der Waals surface area contributed by atoms with Crippen molar-refractivity contribution in [3.05, 3.63) is 73.0 Å². The molecule has 4 rings (SSSR count). The van der Waals surface area contributed by atoms with Crippen molar-refractivity contribution in [2.75, 3.05) is 0 Å². The number of carbonyl (C=O) groups excluding carboxylic acids is 1. The molecule has 0 amide bonds. The Morgan fingerprint density at radius 2 is 2.04 bits per heavy atom. The van der Waals surface area contributed by atoms with E-state index in [-0.39, 0.29) is 17.2 Å². The lowest BCUT2D eigenvalue weighted by Crippen LogP contribution is -2.22. The Kier molecular flexibility index (Phi) is 4.79. The number of aryl methyl sites for hydroxylation is 1. The fourth-order valence-corrected chi connectivity index (χ4v) is 5.32. The third kappa shape index (κ3) is 3.47. The second-order valence-corrected chi connectivity index (χ2v) is 9.70. The largest absolute Gasteiger partial charge is 0.419 e. The van der Waals surface area contributed by atoms with Crippen molar-refractivity contribution in [1.29, 1.82) is 0 Å². The fraction of sp³-hybridized carbons (Fsp3) is 0.111. The molecule has 0 radical (unpaired) electrons. The van der Waals surface area contributed by atoms with Gasteiger partial charge in [0, 0.05) is 29.4 Å². The monoisotopic (exact) mass is 434 g/mol. The first kappa shape index (κ1) is 18.8. The average molecular weight is 435 g/mol. The maximum absolute atomic E-state index is 12.6. The van der Waals surface area contributed by atoms with Crippen LogP contribution in [0.2, 0.25) is 0 Å². The topological polar surface area (TPSA) is 98.4 Å². The number of fused-ring (bicyclic) bond motifs is 1. The van der Waals surface area contributed by atoms with Crippen molar-refractivity contribution in [2.24, 2.45) is 7.05 Å². The van der Waals surface area contributed by atoms with Crippen molar-refractivity contribution in [1.82, 2.24) is 9.29 Å². The zero-order valence-electron chi connectivity index (χ0n) is 14.5. The SMILES string of the molecule is Cn1c(=O)oc2ccc(S(=O)(=O)NCc3ccc(C(=O)c4ccsc4)s3)cc21. The van der Waals surface area contributed by atoms with Gasteiger partial charge in [-0.2, -0.15) is 11.3 Å². The van der Waals surface area contributed by atoms with Crippen LogP contribution in [0.1, 0.15) is 20.1 Å². The molecule has 0 fully saturated rings. The van der Waals surface area contributed by atoms with Crippen molar-refractivity contribution in [3.8, 4) is 0 Å². The van der Waals surface area contributed by atoms with Gasteiger partial charge in [0.15, 0.2) is 5.58 Å². The van der Waals surface area contributed by atoms with Crippen LogP contribution in [0.4, 0.5) is 0 Å². The lowest BCUT2D eigenvalue weighted by molar-refractivity contribution is 0.104. The first-order valence-electron chi connectivity index (χ1n) is 8.10. The lowest BCUT2D eigenvalue weighted by Gasteiger charge is -2.06. The molecule has 4 aromatic rings. The number of sulfonamides is 1. The summed E-state index contributed by atoms with van der Waals surface area (Å²) in [4.78, 5) is 25.2. The van der Waals surface area contributed by atoms with E-state index in [0.29, 0.717) is 21.5 Å². The molecule has 10 heteroatoms. The number of hydrogen-bond donors (Lipinski definition) is 1. The smallest absolute Gasteiger partial charge is 0.408 e. The highest BCUT2D eigenvalue weighted by atomic mass is 32.2. The lowest BCUT2D eigenvalue weighted by atomic mass is 10.2. The van der Waals surface area contributed by atoms with E-state index in [1.54, 1.807) is 23.6 Å². The van der Waals surface area contributed by atoms with Crippen LogP contribution >= 0.6 is 22.7 Å². The highest BCUT2D eigenvalue weighted by Gasteiger charge is 2.18. The number of benzene rings is 1. The van der Waals surface area contributed by atoms with Crippen LogP contribution in [0.5, 0.6) is 0 Å². The third-order valence-electron chi connectivity index (χ3n) is 4.18. The van der Waals surface area contributed by atoms with Crippen molar-refractivity contribution >= 4 is 49.6 Å². The van der Waals surface area contributed by atoms with E-state index in [2.05, 4.69) is 4.72 Å². The number of rotatable bonds is 6. The number of nitrogens with zero attached hydrogens (tertiary/aromatic N) is 1. The maximum Gasteiger partial charge on any atom is 0.419 e. The second kappa shape index (κ2) is 7.13. The van der Waals surface area contributed by atoms with Gasteiger partial charge in [0.05, 0.1) is 15.3 Å². The van der Waals surface area contributed by atoms with E-state index >= 15 is 0 Å². The molecule has 0 saturated heterocycles. The minimum atomic E-state index is -3.80. The Morgan fingerprint density at radius 3 is 2.79 bits per heavy atom. The molecule has 3 aromatic heterocycles. The van der Waals surface area contributed by atoms with Crippen molar-refractivity contribution in [3.63, 3.8) is 0 Å². The van der Waals surface area contributed by atoms with Crippen molar-refractivity contribution < 1.29 is 17.6 Å². The van der Waals surface area contributed by atoms with E-state index < -0.39 is 15.8 Å². The maximum atomic E-state index is 12.6. The van der Waals surface area contributed by atoms with Crippen LogP contribution in [0.3, 0.4) is 0 Å². The summed E-state index contributed by atoms with van der Waals surface area (Å²) < 4.78 is 34.0. The van der Waals surface area contributed by atoms with E-state index in [1.165, 1.54) is 52.5 Å². The zero-order valence-corrected chi connectivity index (χ0v) is 17.0.